The number of rotatable bonds is 6. The van der Waals surface area contributed by atoms with Crippen molar-refractivity contribution in [2.24, 2.45) is 0 Å². The van der Waals surface area contributed by atoms with E-state index < -0.39 is 0 Å². The van der Waals surface area contributed by atoms with Crippen molar-refractivity contribution in [1.29, 1.82) is 0 Å². The summed E-state index contributed by atoms with van der Waals surface area (Å²) in [5.41, 5.74) is 1.04. The first kappa shape index (κ1) is 14.3. The average Bonchev–Trinajstić information content (AvgIpc) is 2.46. The van der Waals surface area contributed by atoms with Gasteiger partial charge in [0.1, 0.15) is 5.82 Å². The minimum Gasteiger partial charge on any atom is -0.352 e. The Kier molecular flexibility index (Phi) is 5.58. The largest absolute Gasteiger partial charge is 0.352 e. The summed E-state index contributed by atoms with van der Waals surface area (Å²) in [5, 5.41) is 3.31. The molecule has 1 fully saturated rings. The molecule has 1 unspecified atom stereocenters. The van der Waals surface area contributed by atoms with Crippen LogP contribution in [0.2, 0.25) is 0 Å². The average molecular weight is 262 g/mol. The van der Waals surface area contributed by atoms with Crippen molar-refractivity contribution in [3.05, 3.63) is 18.1 Å². The Bertz CT molecular complexity index is 378. The standard InChI is InChI=1S/C15H26N4/c1-3-7-14-8-5-6-9-19(14)15-12-17-11-13(18-15)10-16-4-2/h11-12,14,16H,3-10H2,1-2H3. The molecule has 0 bridgehead atoms. The predicted molar refractivity (Wildman–Crippen MR) is 79.3 cm³/mol. The van der Waals surface area contributed by atoms with Crippen LogP contribution >= 0.6 is 0 Å². The number of hydrogen-bond acceptors (Lipinski definition) is 4. The van der Waals surface area contributed by atoms with Gasteiger partial charge in [0.2, 0.25) is 0 Å². The highest BCUT2D eigenvalue weighted by Crippen LogP contribution is 2.25. The predicted octanol–water partition coefficient (Wildman–Crippen LogP) is 2.75. The molecule has 0 aromatic carbocycles. The zero-order valence-electron chi connectivity index (χ0n) is 12.2. The zero-order chi connectivity index (χ0) is 13.5. The lowest BCUT2D eigenvalue weighted by Gasteiger charge is -2.36. The van der Waals surface area contributed by atoms with Gasteiger partial charge in [0.25, 0.3) is 0 Å². The molecular weight excluding hydrogens is 236 g/mol. The second kappa shape index (κ2) is 7.43. The van der Waals surface area contributed by atoms with Crippen molar-refractivity contribution < 1.29 is 0 Å². The normalized spacial score (nSPS) is 19.7. The summed E-state index contributed by atoms with van der Waals surface area (Å²) in [7, 11) is 0. The molecule has 1 aromatic heterocycles. The SMILES string of the molecule is CCCC1CCCCN1c1cncc(CNCC)n1. The van der Waals surface area contributed by atoms with Crippen LogP contribution in [-0.4, -0.2) is 29.1 Å². The summed E-state index contributed by atoms with van der Waals surface area (Å²) in [4.78, 5) is 11.6. The lowest BCUT2D eigenvalue weighted by Crippen LogP contribution is -2.40. The van der Waals surface area contributed by atoms with Crippen LogP contribution in [0.25, 0.3) is 0 Å². The first-order valence-corrected chi connectivity index (χ1v) is 7.63. The van der Waals surface area contributed by atoms with Gasteiger partial charge in [-0.15, -0.1) is 0 Å². The van der Waals surface area contributed by atoms with Gasteiger partial charge >= 0.3 is 0 Å². The third kappa shape index (κ3) is 3.90. The van der Waals surface area contributed by atoms with Crippen molar-refractivity contribution in [2.75, 3.05) is 18.0 Å². The van der Waals surface area contributed by atoms with Gasteiger partial charge in [-0.05, 0) is 32.2 Å². The molecule has 1 N–H and O–H groups in total. The molecule has 1 atom stereocenters. The highest BCUT2D eigenvalue weighted by atomic mass is 15.2. The Morgan fingerprint density at radius 2 is 2.21 bits per heavy atom. The van der Waals surface area contributed by atoms with E-state index in [1.165, 1.54) is 32.1 Å². The molecule has 1 aliphatic heterocycles. The summed E-state index contributed by atoms with van der Waals surface area (Å²) in [6.45, 7) is 7.28. The molecule has 2 heterocycles. The summed E-state index contributed by atoms with van der Waals surface area (Å²) in [6, 6.07) is 0.655. The molecule has 2 rings (SSSR count). The highest BCUT2D eigenvalue weighted by Gasteiger charge is 2.23. The van der Waals surface area contributed by atoms with E-state index in [1.807, 2.05) is 12.4 Å². The molecular formula is C15H26N4. The van der Waals surface area contributed by atoms with Gasteiger partial charge in [-0.1, -0.05) is 20.3 Å². The van der Waals surface area contributed by atoms with Crippen LogP contribution in [0.4, 0.5) is 5.82 Å². The molecule has 0 radical (unpaired) electrons. The molecule has 0 amide bonds. The van der Waals surface area contributed by atoms with E-state index in [9.17, 15) is 0 Å². The van der Waals surface area contributed by atoms with E-state index in [0.29, 0.717) is 6.04 Å². The highest BCUT2D eigenvalue weighted by molar-refractivity contribution is 5.38. The number of nitrogens with zero attached hydrogens (tertiary/aromatic N) is 3. The topological polar surface area (TPSA) is 41.1 Å². The van der Waals surface area contributed by atoms with Gasteiger partial charge < -0.3 is 10.2 Å². The van der Waals surface area contributed by atoms with Gasteiger partial charge in [0.15, 0.2) is 0 Å². The zero-order valence-corrected chi connectivity index (χ0v) is 12.2. The van der Waals surface area contributed by atoms with Gasteiger partial charge in [-0.3, -0.25) is 4.98 Å². The first-order chi connectivity index (χ1) is 9.35. The lowest BCUT2D eigenvalue weighted by molar-refractivity contribution is 0.431. The Balaban J connectivity index is 2.09. The molecule has 1 saturated heterocycles. The molecule has 106 valence electrons. The summed E-state index contributed by atoms with van der Waals surface area (Å²) in [6.07, 6.45) is 10.2. The van der Waals surface area contributed by atoms with Crippen LogP contribution in [0.15, 0.2) is 12.4 Å². The van der Waals surface area contributed by atoms with Crippen molar-refractivity contribution in [3.63, 3.8) is 0 Å². The monoisotopic (exact) mass is 262 g/mol. The second-order valence-corrected chi connectivity index (χ2v) is 5.28. The maximum Gasteiger partial charge on any atom is 0.147 e. The van der Waals surface area contributed by atoms with Crippen molar-refractivity contribution in [1.82, 2.24) is 15.3 Å². The van der Waals surface area contributed by atoms with Crippen LogP contribution < -0.4 is 10.2 Å². The second-order valence-electron chi connectivity index (χ2n) is 5.28. The van der Waals surface area contributed by atoms with Gasteiger partial charge in [0.05, 0.1) is 11.9 Å². The van der Waals surface area contributed by atoms with E-state index in [1.54, 1.807) is 0 Å². The number of anilines is 1. The van der Waals surface area contributed by atoms with E-state index >= 15 is 0 Å². The Hall–Kier alpha value is -1.16. The lowest BCUT2D eigenvalue weighted by atomic mass is 9.98. The van der Waals surface area contributed by atoms with Gasteiger partial charge in [-0.25, -0.2) is 4.98 Å². The fourth-order valence-corrected chi connectivity index (χ4v) is 2.81. The minimum absolute atomic E-state index is 0.655. The molecule has 4 heteroatoms. The number of piperidine rings is 1. The maximum atomic E-state index is 4.77. The van der Waals surface area contributed by atoms with Crippen molar-refractivity contribution >= 4 is 5.82 Å². The number of aromatic nitrogens is 2. The number of hydrogen-bond donors (Lipinski definition) is 1. The van der Waals surface area contributed by atoms with Crippen molar-refractivity contribution in [2.45, 2.75) is 58.5 Å². The molecule has 4 nitrogen and oxygen atoms in total. The van der Waals surface area contributed by atoms with Crippen molar-refractivity contribution in [3.8, 4) is 0 Å². The third-order valence-electron chi connectivity index (χ3n) is 3.77. The summed E-state index contributed by atoms with van der Waals surface area (Å²) in [5.74, 6) is 1.06. The fourth-order valence-electron chi connectivity index (χ4n) is 2.81. The van der Waals surface area contributed by atoms with Crippen LogP contribution in [-0.2, 0) is 6.54 Å². The van der Waals surface area contributed by atoms with Gasteiger partial charge in [0, 0.05) is 25.3 Å². The Morgan fingerprint density at radius 1 is 1.32 bits per heavy atom. The Labute approximate surface area is 116 Å². The minimum atomic E-state index is 0.655. The molecule has 0 saturated carbocycles. The van der Waals surface area contributed by atoms with E-state index in [4.69, 9.17) is 4.98 Å². The van der Waals surface area contributed by atoms with E-state index in [-0.39, 0.29) is 0 Å². The third-order valence-corrected chi connectivity index (χ3v) is 3.77. The van der Waals surface area contributed by atoms with E-state index in [0.717, 1.165) is 31.1 Å². The Morgan fingerprint density at radius 3 is 3.00 bits per heavy atom. The van der Waals surface area contributed by atoms with Crippen LogP contribution in [0.3, 0.4) is 0 Å². The number of nitrogens with one attached hydrogen (secondary N) is 1. The molecule has 0 spiro atoms. The summed E-state index contributed by atoms with van der Waals surface area (Å²) < 4.78 is 0. The smallest absolute Gasteiger partial charge is 0.147 e. The molecule has 1 aromatic rings. The summed E-state index contributed by atoms with van der Waals surface area (Å²) >= 11 is 0. The fraction of sp³-hybridized carbons (Fsp3) is 0.733. The molecule has 1 aliphatic rings. The van der Waals surface area contributed by atoms with E-state index in [2.05, 4.69) is 29.0 Å². The van der Waals surface area contributed by atoms with Gasteiger partial charge in [-0.2, -0.15) is 0 Å². The quantitative estimate of drug-likeness (QED) is 0.856. The first-order valence-electron chi connectivity index (χ1n) is 7.63. The molecule has 19 heavy (non-hydrogen) atoms. The molecule has 0 aliphatic carbocycles. The maximum absolute atomic E-state index is 4.77. The van der Waals surface area contributed by atoms with Crippen LogP contribution in [0, 0.1) is 0 Å². The van der Waals surface area contributed by atoms with Crippen LogP contribution in [0.5, 0.6) is 0 Å². The van der Waals surface area contributed by atoms with Crippen LogP contribution in [0.1, 0.15) is 51.6 Å².